The number of nitriles is 1. The van der Waals surface area contributed by atoms with Crippen LogP contribution in [0.25, 0.3) is 22.1 Å². The van der Waals surface area contributed by atoms with Gasteiger partial charge in [0.1, 0.15) is 28.2 Å². The van der Waals surface area contributed by atoms with Crippen molar-refractivity contribution in [2.75, 3.05) is 0 Å². The number of rotatable bonds is 2. The molecule has 3 rings (SSSR count). The molecule has 0 bridgehead atoms. The van der Waals surface area contributed by atoms with Crippen molar-refractivity contribution in [3.8, 4) is 28.2 Å². The van der Waals surface area contributed by atoms with Crippen LogP contribution in [-0.2, 0) is 0 Å². The fraction of sp³-hybridized carbons (Fsp3) is 0. The summed E-state index contributed by atoms with van der Waals surface area (Å²) in [5.74, 6) is 0.368. The highest BCUT2D eigenvalue weighted by atomic mass is 32.1. The first-order valence-electron chi connectivity index (χ1n) is 5.64. The molecule has 0 atom stereocenters. The van der Waals surface area contributed by atoms with E-state index in [1.807, 2.05) is 6.07 Å². The number of H-pyrrole nitrogens is 1. The highest BCUT2D eigenvalue weighted by molar-refractivity contribution is 7.13. The molecule has 0 saturated heterocycles. The molecule has 0 unspecified atom stereocenters. The van der Waals surface area contributed by atoms with Crippen LogP contribution in [0.4, 0.5) is 0 Å². The van der Waals surface area contributed by atoms with Crippen LogP contribution in [0.15, 0.2) is 40.9 Å². The summed E-state index contributed by atoms with van der Waals surface area (Å²) in [6.45, 7) is 0. The van der Waals surface area contributed by atoms with Gasteiger partial charge in [0, 0.05) is 29.5 Å². The van der Waals surface area contributed by atoms with Crippen LogP contribution >= 0.6 is 11.3 Å². The maximum Gasteiger partial charge on any atom is 0.269 e. The number of nitrogens with one attached hydrogen (secondary N) is 1. The Hall–Kier alpha value is -2.85. The maximum atomic E-state index is 12.0. The molecule has 3 heterocycles. The van der Waals surface area contributed by atoms with Gasteiger partial charge in [-0.3, -0.25) is 9.78 Å². The summed E-state index contributed by atoms with van der Waals surface area (Å²) in [6.07, 6.45) is 4.83. The summed E-state index contributed by atoms with van der Waals surface area (Å²) in [4.78, 5) is 27.0. The van der Waals surface area contributed by atoms with Crippen LogP contribution in [0.1, 0.15) is 5.56 Å². The Bertz CT molecular complexity index is 833. The van der Waals surface area contributed by atoms with Crippen LogP contribution in [0.3, 0.4) is 0 Å². The van der Waals surface area contributed by atoms with E-state index in [2.05, 4.69) is 19.9 Å². The lowest BCUT2D eigenvalue weighted by Crippen LogP contribution is -2.15. The van der Waals surface area contributed by atoms with Crippen molar-refractivity contribution in [1.29, 1.82) is 5.26 Å². The zero-order chi connectivity index (χ0) is 13.9. The first-order chi connectivity index (χ1) is 9.79. The van der Waals surface area contributed by atoms with E-state index in [0.717, 1.165) is 0 Å². The van der Waals surface area contributed by atoms with Gasteiger partial charge >= 0.3 is 0 Å². The number of hydrogen-bond donors (Lipinski definition) is 1. The maximum absolute atomic E-state index is 12.0. The quantitative estimate of drug-likeness (QED) is 0.773. The van der Waals surface area contributed by atoms with Gasteiger partial charge in [0.15, 0.2) is 0 Å². The summed E-state index contributed by atoms with van der Waals surface area (Å²) < 4.78 is 0. The van der Waals surface area contributed by atoms with Crippen LogP contribution < -0.4 is 5.56 Å². The summed E-state index contributed by atoms with van der Waals surface area (Å²) in [6, 6.07) is 5.40. The molecule has 0 aliphatic rings. The molecule has 0 aliphatic carbocycles. The van der Waals surface area contributed by atoms with Crippen LogP contribution in [0, 0.1) is 11.3 Å². The van der Waals surface area contributed by atoms with E-state index in [1.165, 1.54) is 11.3 Å². The van der Waals surface area contributed by atoms with Crippen LogP contribution in [0.5, 0.6) is 0 Å². The molecule has 0 aromatic carbocycles. The molecule has 7 heteroatoms. The molecule has 3 aromatic heterocycles. The minimum absolute atomic E-state index is 0.0346. The zero-order valence-electron chi connectivity index (χ0n) is 10.1. The van der Waals surface area contributed by atoms with E-state index in [-0.39, 0.29) is 5.56 Å². The lowest BCUT2D eigenvalue weighted by atomic mass is 10.2. The number of pyridine rings is 1. The number of nitrogens with zero attached hydrogens (tertiary/aromatic N) is 4. The Morgan fingerprint density at radius 3 is 2.90 bits per heavy atom. The Morgan fingerprint density at radius 1 is 1.35 bits per heavy atom. The molecule has 0 spiro atoms. The van der Waals surface area contributed by atoms with Gasteiger partial charge in [-0.2, -0.15) is 5.26 Å². The third-order valence-corrected chi connectivity index (χ3v) is 3.38. The van der Waals surface area contributed by atoms with E-state index < -0.39 is 5.56 Å². The van der Waals surface area contributed by atoms with Gasteiger partial charge in [-0.05, 0) is 12.1 Å². The van der Waals surface area contributed by atoms with E-state index in [4.69, 9.17) is 5.26 Å². The molecule has 20 heavy (non-hydrogen) atoms. The van der Waals surface area contributed by atoms with Crippen molar-refractivity contribution >= 4 is 11.3 Å². The van der Waals surface area contributed by atoms with Crippen molar-refractivity contribution in [2.24, 2.45) is 0 Å². The van der Waals surface area contributed by atoms with Crippen molar-refractivity contribution in [2.45, 2.75) is 0 Å². The Kier molecular flexibility index (Phi) is 3.07. The van der Waals surface area contributed by atoms with Crippen molar-refractivity contribution in [3.05, 3.63) is 52.0 Å². The predicted molar refractivity (Wildman–Crippen MR) is 73.9 cm³/mol. The molecule has 0 amide bonds. The SMILES string of the molecule is N#Cc1c(-c2nccs2)nc(-c2cccnc2)[nH]c1=O. The second-order valence-electron chi connectivity index (χ2n) is 3.83. The fourth-order valence-corrected chi connectivity index (χ4v) is 2.34. The molecule has 6 nitrogen and oxygen atoms in total. The second kappa shape index (κ2) is 5.03. The van der Waals surface area contributed by atoms with Gasteiger partial charge in [-0.15, -0.1) is 11.3 Å². The Balaban J connectivity index is 2.27. The minimum Gasteiger partial charge on any atom is -0.305 e. The van der Waals surface area contributed by atoms with Gasteiger partial charge in [0.05, 0.1) is 0 Å². The van der Waals surface area contributed by atoms with Gasteiger partial charge in [-0.1, -0.05) is 0 Å². The Labute approximate surface area is 117 Å². The monoisotopic (exact) mass is 281 g/mol. The van der Waals surface area contributed by atoms with E-state index in [9.17, 15) is 4.79 Å². The van der Waals surface area contributed by atoms with E-state index in [1.54, 1.807) is 36.1 Å². The van der Waals surface area contributed by atoms with E-state index >= 15 is 0 Å². The van der Waals surface area contributed by atoms with Gasteiger partial charge < -0.3 is 4.98 Å². The van der Waals surface area contributed by atoms with Crippen LogP contribution in [0.2, 0.25) is 0 Å². The second-order valence-corrected chi connectivity index (χ2v) is 4.72. The Morgan fingerprint density at radius 2 is 2.25 bits per heavy atom. The number of aromatic nitrogens is 4. The third-order valence-electron chi connectivity index (χ3n) is 2.60. The molecule has 0 aliphatic heterocycles. The highest BCUT2D eigenvalue weighted by Gasteiger charge is 2.15. The average Bonchev–Trinajstić information content (AvgIpc) is 3.01. The van der Waals surface area contributed by atoms with E-state index in [0.29, 0.717) is 22.1 Å². The number of hydrogen-bond acceptors (Lipinski definition) is 6. The fourth-order valence-electron chi connectivity index (χ4n) is 1.71. The summed E-state index contributed by atoms with van der Waals surface area (Å²) in [5, 5.41) is 11.4. The van der Waals surface area contributed by atoms with Crippen molar-refractivity contribution in [3.63, 3.8) is 0 Å². The summed E-state index contributed by atoms with van der Waals surface area (Å²) in [5.41, 5.74) is 0.455. The molecule has 1 N–H and O–H groups in total. The molecule has 0 radical (unpaired) electrons. The molecular weight excluding hydrogens is 274 g/mol. The standard InChI is InChI=1S/C13H7N5OS/c14-6-9-10(13-16-4-5-20-13)17-11(18-12(9)19)8-2-1-3-15-7-8/h1-5,7H,(H,17,18,19). The first kappa shape index (κ1) is 12.2. The summed E-state index contributed by atoms with van der Waals surface area (Å²) >= 11 is 1.33. The molecular formula is C13H7N5OS. The van der Waals surface area contributed by atoms with Crippen molar-refractivity contribution < 1.29 is 0 Å². The normalized spacial score (nSPS) is 10.2. The third kappa shape index (κ3) is 2.08. The smallest absolute Gasteiger partial charge is 0.269 e. The van der Waals surface area contributed by atoms with Gasteiger partial charge in [0.25, 0.3) is 5.56 Å². The van der Waals surface area contributed by atoms with Gasteiger partial charge in [-0.25, -0.2) is 9.97 Å². The minimum atomic E-state index is -0.480. The highest BCUT2D eigenvalue weighted by Crippen LogP contribution is 2.23. The zero-order valence-corrected chi connectivity index (χ0v) is 10.9. The van der Waals surface area contributed by atoms with Gasteiger partial charge in [0.2, 0.25) is 0 Å². The molecule has 96 valence electrons. The summed E-state index contributed by atoms with van der Waals surface area (Å²) in [7, 11) is 0. The molecule has 0 fully saturated rings. The lowest BCUT2D eigenvalue weighted by molar-refractivity contribution is 1.10. The number of aromatic amines is 1. The average molecular weight is 281 g/mol. The van der Waals surface area contributed by atoms with Crippen LogP contribution in [-0.4, -0.2) is 19.9 Å². The van der Waals surface area contributed by atoms with Crippen molar-refractivity contribution in [1.82, 2.24) is 19.9 Å². The topological polar surface area (TPSA) is 95.3 Å². The molecule has 0 saturated carbocycles. The first-order valence-corrected chi connectivity index (χ1v) is 6.52. The largest absolute Gasteiger partial charge is 0.305 e. The molecule has 3 aromatic rings. The lowest BCUT2D eigenvalue weighted by Gasteiger charge is -2.04. The predicted octanol–water partition coefficient (Wildman–Crippen LogP) is 1.83. The number of thiazole rings is 1.